The fraction of sp³-hybridized carbons (Fsp3) is 0.192. The van der Waals surface area contributed by atoms with Gasteiger partial charge in [0.1, 0.15) is 5.82 Å². The Hall–Kier alpha value is -3.61. The highest BCUT2D eigenvalue weighted by Crippen LogP contribution is 2.44. The van der Waals surface area contributed by atoms with Crippen molar-refractivity contribution in [1.29, 1.82) is 0 Å². The van der Waals surface area contributed by atoms with E-state index >= 15 is 0 Å². The van der Waals surface area contributed by atoms with Gasteiger partial charge in [-0.05, 0) is 59.9 Å². The summed E-state index contributed by atoms with van der Waals surface area (Å²) in [5.74, 6) is -0.556. The van der Waals surface area contributed by atoms with E-state index in [1.165, 1.54) is 24.3 Å². The highest BCUT2D eigenvalue weighted by molar-refractivity contribution is 6.01. The van der Waals surface area contributed by atoms with Gasteiger partial charge in [-0.2, -0.15) is 13.2 Å². The zero-order chi connectivity index (χ0) is 23.2. The van der Waals surface area contributed by atoms with Gasteiger partial charge in [-0.25, -0.2) is 4.39 Å². The number of benzene rings is 3. The summed E-state index contributed by atoms with van der Waals surface area (Å²) in [6.45, 7) is 0. The molecule has 3 aromatic rings. The molecule has 2 N–H and O–H groups in total. The summed E-state index contributed by atoms with van der Waals surface area (Å²) < 4.78 is 52.6. The number of hydrogen-bond acceptors (Lipinski definition) is 3. The first-order valence-corrected chi connectivity index (χ1v) is 10.6. The number of ketones is 1. The normalized spacial score (nSPS) is 20.3. The molecule has 33 heavy (non-hydrogen) atoms. The number of carbonyl (C=O) groups is 1. The molecule has 0 bridgehead atoms. The highest BCUT2D eigenvalue weighted by atomic mass is 19.4. The second kappa shape index (κ2) is 8.06. The van der Waals surface area contributed by atoms with Crippen molar-refractivity contribution in [3.8, 4) is 0 Å². The first-order valence-electron chi connectivity index (χ1n) is 10.6. The standard InChI is InChI=1S/C26H20F4N2O/c27-19-11-7-15(8-12-19)17-13-22-24(23(33)14-17)25(32-21-4-2-1-3-20(21)31-22)16-5-9-18(10-6-16)26(28,29)30/h1-12,17,25,31-32H,13-14H2/t17-,25-/m0/s1. The summed E-state index contributed by atoms with van der Waals surface area (Å²) in [6, 6.07) is 17.9. The summed E-state index contributed by atoms with van der Waals surface area (Å²) in [5.41, 5.74) is 3.48. The monoisotopic (exact) mass is 452 g/mol. The fourth-order valence-electron chi connectivity index (χ4n) is 4.58. The van der Waals surface area contributed by atoms with E-state index < -0.39 is 17.8 Å². The molecule has 168 valence electrons. The van der Waals surface area contributed by atoms with Crippen LogP contribution in [0.1, 0.15) is 41.5 Å². The van der Waals surface area contributed by atoms with Crippen LogP contribution < -0.4 is 10.6 Å². The molecule has 0 aromatic heterocycles. The lowest BCUT2D eigenvalue weighted by Gasteiger charge is -2.30. The van der Waals surface area contributed by atoms with Crippen molar-refractivity contribution in [2.45, 2.75) is 31.0 Å². The van der Waals surface area contributed by atoms with Gasteiger partial charge in [-0.15, -0.1) is 0 Å². The van der Waals surface area contributed by atoms with Crippen molar-refractivity contribution in [2.75, 3.05) is 10.6 Å². The molecule has 2 atom stereocenters. The van der Waals surface area contributed by atoms with Crippen LogP contribution in [0.4, 0.5) is 28.9 Å². The van der Waals surface area contributed by atoms with Crippen LogP contribution in [0.5, 0.6) is 0 Å². The molecule has 0 fully saturated rings. The van der Waals surface area contributed by atoms with Crippen LogP contribution >= 0.6 is 0 Å². The summed E-state index contributed by atoms with van der Waals surface area (Å²) in [5, 5.41) is 6.73. The zero-order valence-corrected chi connectivity index (χ0v) is 17.4. The number of para-hydroxylation sites is 2. The molecule has 1 heterocycles. The molecule has 5 rings (SSSR count). The van der Waals surface area contributed by atoms with Gasteiger partial charge in [-0.1, -0.05) is 36.4 Å². The van der Waals surface area contributed by atoms with E-state index in [2.05, 4.69) is 10.6 Å². The summed E-state index contributed by atoms with van der Waals surface area (Å²) in [7, 11) is 0. The Labute approximate surface area is 188 Å². The maximum Gasteiger partial charge on any atom is 0.416 e. The van der Waals surface area contributed by atoms with Gasteiger partial charge < -0.3 is 10.6 Å². The maximum atomic E-state index is 13.4. The third-order valence-corrected chi connectivity index (χ3v) is 6.22. The number of allylic oxidation sites excluding steroid dienone is 1. The molecule has 1 aliphatic carbocycles. The highest BCUT2D eigenvalue weighted by Gasteiger charge is 2.36. The number of nitrogens with one attached hydrogen (secondary N) is 2. The fourth-order valence-corrected chi connectivity index (χ4v) is 4.58. The lowest BCUT2D eigenvalue weighted by molar-refractivity contribution is -0.137. The Morgan fingerprint density at radius 1 is 0.788 bits per heavy atom. The first-order chi connectivity index (χ1) is 15.8. The van der Waals surface area contributed by atoms with E-state index in [0.717, 1.165) is 34.8 Å². The molecular formula is C26H20F4N2O. The second-order valence-corrected chi connectivity index (χ2v) is 8.34. The van der Waals surface area contributed by atoms with Crippen molar-refractivity contribution in [1.82, 2.24) is 0 Å². The van der Waals surface area contributed by atoms with Gasteiger partial charge in [0.15, 0.2) is 5.78 Å². The Morgan fingerprint density at radius 3 is 2.09 bits per heavy atom. The van der Waals surface area contributed by atoms with Crippen LogP contribution in [0.2, 0.25) is 0 Å². The minimum atomic E-state index is -4.43. The molecule has 3 nitrogen and oxygen atoms in total. The Balaban J connectivity index is 1.57. The van der Waals surface area contributed by atoms with Crippen molar-refractivity contribution < 1.29 is 22.4 Å². The smallest absolute Gasteiger partial charge is 0.372 e. The molecule has 0 amide bonds. The van der Waals surface area contributed by atoms with Gasteiger partial charge in [0.25, 0.3) is 0 Å². The number of fused-ring (bicyclic) bond motifs is 1. The van der Waals surface area contributed by atoms with E-state index in [9.17, 15) is 22.4 Å². The average Bonchev–Trinajstić information content (AvgIpc) is 2.96. The third kappa shape index (κ3) is 4.11. The van der Waals surface area contributed by atoms with E-state index in [0.29, 0.717) is 17.6 Å². The van der Waals surface area contributed by atoms with Crippen LogP contribution in [-0.2, 0) is 11.0 Å². The number of rotatable bonds is 2. The van der Waals surface area contributed by atoms with E-state index in [1.807, 2.05) is 24.3 Å². The molecule has 0 unspecified atom stereocenters. The van der Waals surface area contributed by atoms with Gasteiger partial charge in [0.2, 0.25) is 0 Å². The number of anilines is 2. The SMILES string of the molecule is O=C1C[C@@H](c2ccc(F)cc2)CC2=C1[C@H](c1ccc(C(F)(F)F)cc1)Nc1ccccc1N2. The predicted molar refractivity (Wildman–Crippen MR) is 118 cm³/mol. The number of carbonyl (C=O) groups excluding carboxylic acids is 1. The maximum absolute atomic E-state index is 13.4. The molecule has 0 saturated heterocycles. The van der Waals surface area contributed by atoms with Gasteiger partial charge in [-0.3, -0.25) is 4.79 Å². The summed E-state index contributed by atoms with van der Waals surface area (Å²) >= 11 is 0. The van der Waals surface area contributed by atoms with E-state index in [4.69, 9.17) is 0 Å². The largest absolute Gasteiger partial charge is 0.416 e. The average molecular weight is 452 g/mol. The Bertz CT molecular complexity index is 1230. The molecule has 3 aromatic carbocycles. The van der Waals surface area contributed by atoms with Gasteiger partial charge in [0.05, 0.1) is 23.0 Å². The number of halogens is 4. The van der Waals surface area contributed by atoms with Crippen LogP contribution in [0.3, 0.4) is 0 Å². The van der Waals surface area contributed by atoms with Crippen molar-refractivity contribution >= 4 is 17.2 Å². The minimum absolute atomic E-state index is 0.0942. The molecule has 0 saturated carbocycles. The van der Waals surface area contributed by atoms with Crippen LogP contribution in [0.15, 0.2) is 84.1 Å². The van der Waals surface area contributed by atoms with Crippen LogP contribution in [-0.4, -0.2) is 5.78 Å². The lowest BCUT2D eigenvalue weighted by Crippen LogP contribution is -2.27. The summed E-state index contributed by atoms with van der Waals surface area (Å²) in [4.78, 5) is 13.4. The zero-order valence-electron chi connectivity index (χ0n) is 17.4. The molecule has 1 aliphatic heterocycles. The molecular weight excluding hydrogens is 432 g/mol. The van der Waals surface area contributed by atoms with Crippen LogP contribution in [0.25, 0.3) is 0 Å². The predicted octanol–water partition coefficient (Wildman–Crippen LogP) is 6.82. The summed E-state index contributed by atoms with van der Waals surface area (Å²) in [6.07, 6.45) is -3.67. The Kier molecular flexibility index (Phi) is 5.19. The third-order valence-electron chi connectivity index (χ3n) is 6.22. The second-order valence-electron chi connectivity index (χ2n) is 8.34. The lowest BCUT2D eigenvalue weighted by atomic mass is 9.78. The molecule has 7 heteroatoms. The van der Waals surface area contributed by atoms with E-state index in [-0.39, 0.29) is 23.9 Å². The van der Waals surface area contributed by atoms with Crippen molar-refractivity contribution in [2.24, 2.45) is 0 Å². The topological polar surface area (TPSA) is 41.1 Å². The minimum Gasteiger partial charge on any atom is -0.372 e. The molecule has 0 spiro atoms. The number of Topliss-reactive ketones (excluding diaryl/α,β-unsaturated/α-hetero) is 1. The van der Waals surface area contributed by atoms with Gasteiger partial charge >= 0.3 is 6.18 Å². The van der Waals surface area contributed by atoms with Crippen LogP contribution in [0, 0.1) is 5.82 Å². The quantitative estimate of drug-likeness (QED) is 0.419. The molecule has 0 radical (unpaired) electrons. The van der Waals surface area contributed by atoms with E-state index in [1.54, 1.807) is 12.1 Å². The van der Waals surface area contributed by atoms with Gasteiger partial charge in [0, 0.05) is 17.7 Å². The van der Waals surface area contributed by atoms with Crippen molar-refractivity contribution in [3.63, 3.8) is 0 Å². The molecule has 2 aliphatic rings. The number of alkyl halides is 3. The number of hydrogen-bond donors (Lipinski definition) is 2. The van der Waals surface area contributed by atoms with Crippen molar-refractivity contribution in [3.05, 3.63) is 107 Å². The first kappa shape index (κ1) is 21.2. The Morgan fingerprint density at radius 2 is 1.42 bits per heavy atom.